The van der Waals surface area contributed by atoms with Crippen molar-refractivity contribution >= 4 is 6.03 Å². The molecule has 38 heavy (non-hydrogen) atoms. The Morgan fingerprint density at radius 3 is 2.34 bits per heavy atom. The minimum Gasteiger partial charge on any atom is -0.334 e. The molecule has 0 spiro atoms. The molecule has 1 N–H and O–H groups in total. The van der Waals surface area contributed by atoms with Gasteiger partial charge in [0.15, 0.2) is 0 Å². The van der Waals surface area contributed by atoms with Gasteiger partial charge in [-0.15, -0.1) is 0 Å². The molecule has 6 nitrogen and oxygen atoms in total. The second-order valence-electron chi connectivity index (χ2n) is 9.74. The Morgan fingerprint density at radius 1 is 0.921 bits per heavy atom. The molecule has 0 aliphatic carbocycles. The van der Waals surface area contributed by atoms with Gasteiger partial charge in [0.25, 0.3) is 0 Å². The lowest BCUT2D eigenvalue weighted by atomic mass is 10.0. The fourth-order valence-corrected chi connectivity index (χ4v) is 5.32. The highest BCUT2D eigenvalue weighted by molar-refractivity contribution is 5.76. The third kappa shape index (κ3) is 4.28. The first kappa shape index (κ1) is 23.8. The van der Waals surface area contributed by atoms with Crippen LogP contribution in [0.2, 0.25) is 0 Å². The maximum Gasteiger partial charge on any atom is 0.318 e. The predicted molar refractivity (Wildman–Crippen MR) is 150 cm³/mol. The molecule has 5 aromatic rings. The van der Waals surface area contributed by atoms with Crippen molar-refractivity contribution in [2.75, 3.05) is 0 Å². The lowest BCUT2D eigenvalue weighted by Crippen LogP contribution is -2.41. The highest BCUT2D eigenvalue weighted by atomic mass is 16.2. The van der Waals surface area contributed by atoms with E-state index in [0.717, 1.165) is 46.0 Å². The second-order valence-corrected chi connectivity index (χ2v) is 9.74. The molecular formula is C32H31N5O. The van der Waals surface area contributed by atoms with E-state index in [9.17, 15) is 4.79 Å². The number of rotatable bonds is 5. The second kappa shape index (κ2) is 10.1. The molecule has 3 heterocycles. The number of nitrogens with one attached hydrogen (secondary N) is 1. The van der Waals surface area contributed by atoms with Gasteiger partial charge in [0, 0.05) is 18.3 Å². The van der Waals surface area contributed by atoms with Crippen LogP contribution >= 0.6 is 0 Å². The van der Waals surface area contributed by atoms with Gasteiger partial charge in [-0.25, -0.2) is 9.48 Å². The van der Waals surface area contributed by atoms with Crippen molar-refractivity contribution in [2.24, 2.45) is 0 Å². The largest absolute Gasteiger partial charge is 0.334 e. The van der Waals surface area contributed by atoms with E-state index in [1.54, 1.807) is 0 Å². The van der Waals surface area contributed by atoms with Crippen LogP contribution < -0.4 is 5.32 Å². The fourth-order valence-electron chi connectivity index (χ4n) is 5.32. The van der Waals surface area contributed by atoms with E-state index in [4.69, 9.17) is 5.10 Å². The monoisotopic (exact) mass is 501 g/mol. The third-order valence-corrected chi connectivity index (χ3v) is 7.24. The average molecular weight is 502 g/mol. The minimum atomic E-state index is -0.259. The number of para-hydroxylation sites is 1. The maximum atomic E-state index is 14.0. The van der Waals surface area contributed by atoms with Crippen molar-refractivity contribution in [1.82, 2.24) is 24.6 Å². The van der Waals surface area contributed by atoms with Gasteiger partial charge in [-0.2, -0.15) is 5.10 Å². The van der Waals surface area contributed by atoms with Gasteiger partial charge >= 0.3 is 6.03 Å². The molecule has 1 unspecified atom stereocenters. The van der Waals surface area contributed by atoms with Gasteiger partial charge in [0.1, 0.15) is 5.82 Å². The minimum absolute atomic E-state index is 0.102. The molecule has 1 atom stereocenters. The summed E-state index contributed by atoms with van der Waals surface area (Å²) in [6.45, 7) is 5.11. The SMILES string of the molecule is CCc1nn(-c2ccccc2)c2c1CN(C(=O)NCc1ccc(C)cc1)C(c1ccccc1)c1cccn1-2. The maximum absolute atomic E-state index is 14.0. The number of hydrogen-bond donors (Lipinski definition) is 1. The summed E-state index contributed by atoms with van der Waals surface area (Å²) in [4.78, 5) is 15.9. The van der Waals surface area contributed by atoms with Crippen LogP contribution in [0.3, 0.4) is 0 Å². The highest BCUT2D eigenvalue weighted by Crippen LogP contribution is 2.38. The molecule has 1 aliphatic heterocycles. The predicted octanol–water partition coefficient (Wildman–Crippen LogP) is 6.35. The Balaban J connectivity index is 1.48. The standard InChI is InChI=1S/C32H31N5O/c1-3-28-27-22-36(32(38)33-21-24-18-16-23(2)17-19-24)30(25-11-6-4-7-12-25)29-15-10-20-35(29)31(27)37(34-28)26-13-8-5-9-14-26/h4-20,30H,3,21-22H2,1-2H3,(H,33,38). The summed E-state index contributed by atoms with van der Waals surface area (Å²) in [7, 11) is 0. The van der Waals surface area contributed by atoms with Gasteiger partial charge in [0.2, 0.25) is 0 Å². The van der Waals surface area contributed by atoms with Gasteiger partial charge in [0.05, 0.1) is 29.7 Å². The number of hydrogen-bond acceptors (Lipinski definition) is 2. The summed E-state index contributed by atoms with van der Waals surface area (Å²) in [6, 6.07) is 32.6. The van der Waals surface area contributed by atoms with Gasteiger partial charge in [-0.3, -0.25) is 0 Å². The summed E-state index contributed by atoms with van der Waals surface area (Å²) in [6.07, 6.45) is 2.85. The van der Waals surface area contributed by atoms with Crippen LogP contribution in [-0.4, -0.2) is 25.3 Å². The van der Waals surface area contributed by atoms with Gasteiger partial charge in [-0.05, 0) is 48.7 Å². The van der Waals surface area contributed by atoms with Crippen LogP contribution in [0.1, 0.15) is 46.6 Å². The zero-order valence-corrected chi connectivity index (χ0v) is 21.7. The molecule has 3 aromatic carbocycles. The van der Waals surface area contributed by atoms with E-state index in [2.05, 4.69) is 90.6 Å². The van der Waals surface area contributed by atoms with E-state index in [1.165, 1.54) is 5.56 Å². The summed E-state index contributed by atoms with van der Waals surface area (Å²) in [5.74, 6) is 0.989. The average Bonchev–Trinajstić information content (AvgIpc) is 3.54. The van der Waals surface area contributed by atoms with E-state index >= 15 is 0 Å². The Labute approximate surface area is 223 Å². The zero-order chi connectivity index (χ0) is 26.1. The molecule has 0 saturated heterocycles. The summed E-state index contributed by atoms with van der Waals surface area (Å²) >= 11 is 0. The van der Waals surface area contributed by atoms with E-state index in [-0.39, 0.29) is 12.1 Å². The lowest BCUT2D eigenvalue weighted by Gasteiger charge is -2.31. The number of carbonyl (C=O) groups is 1. The van der Waals surface area contributed by atoms with Crippen LogP contribution in [0.4, 0.5) is 4.79 Å². The lowest BCUT2D eigenvalue weighted by molar-refractivity contribution is 0.180. The normalized spacial score (nSPS) is 14.5. The zero-order valence-electron chi connectivity index (χ0n) is 21.7. The molecule has 2 amide bonds. The quantitative estimate of drug-likeness (QED) is 0.305. The molecule has 0 saturated carbocycles. The van der Waals surface area contributed by atoms with E-state index < -0.39 is 0 Å². The van der Waals surface area contributed by atoms with Crippen molar-refractivity contribution in [1.29, 1.82) is 0 Å². The van der Waals surface area contributed by atoms with Crippen molar-refractivity contribution in [3.8, 4) is 11.5 Å². The summed E-state index contributed by atoms with van der Waals surface area (Å²) in [5.41, 5.74) is 7.43. The Morgan fingerprint density at radius 2 is 1.63 bits per heavy atom. The van der Waals surface area contributed by atoms with Crippen LogP contribution in [0.25, 0.3) is 11.5 Å². The first-order valence-electron chi connectivity index (χ1n) is 13.1. The van der Waals surface area contributed by atoms with Gasteiger partial charge < -0.3 is 14.8 Å². The molecule has 190 valence electrons. The number of amides is 2. The number of fused-ring (bicyclic) bond motifs is 3. The van der Waals surface area contributed by atoms with Crippen LogP contribution in [0, 0.1) is 6.92 Å². The molecule has 0 fully saturated rings. The number of carbonyl (C=O) groups excluding carboxylic acids is 1. The first-order chi connectivity index (χ1) is 18.6. The number of aryl methyl sites for hydroxylation is 2. The number of aromatic nitrogens is 3. The van der Waals surface area contributed by atoms with Gasteiger partial charge in [-0.1, -0.05) is 85.3 Å². The van der Waals surface area contributed by atoms with Crippen molar-refractivity contribution < 1.29 is 4.79 Å². The van der Waals surface area contributed by atoms with Crippen LogP contribution in [-0.2, 0) is 19.5 Å². The Hall–Kier alpha value is -4.58. The smallest absolute Gasteiger partial charge is 0.318 e. The molecule has 0 radical (unpaired) electrons. The molecule has 6 heteroatoms. The number of nitrogens with zero attached hydrogens (tertiary/aromatic N) is 4. The highest BCUT2D eigenvalue weighted by Gasteiger charge is 2.36. The summed E-state index contributed by atoms with van der Waals surface area (Å²) < 4.78 is 4.23. The van der Waals surface area contributed by atoms with Crippen molar-refractivity contribution in [2.45, 2.75) is 39.4 Å². The van der Waals surface area contributed by atoms with E-state index in [0.29, 0.717) is 13.1 Å². The third-order valence-electron chi connectivity index (χ3n) is 7.24. The first-order valence-corrected chi connectivity index (χ1v) is 13.1. The van der Waals surface area contributed by atoms with E-state index in [1.807, 2.05) is 46.0 Å². The Kier molecular flexibility index (Phi) is 6.30. The molecular weight excluding hydrogens is 470 g/mol. The molecule has 6 rings (SSSR count). The molecule has 2 aromatic heterocycles. The van der Waals surface area contributed by atoms with Crippen molar-refractivity contribution in [3.63, 3.8) is 0 Å². The van der Waals surface area contributed by atoms with Crippen LogP contribution in [0.5, 0.6) is 0 Å². The van der Waals surface area contributed by atoms with Crippen LogP contribution in [0.15, 0.2) is 103 Å². The number of urea groups is 1. The topological polar surface area (TPSA) is 55.1 Å². The summed E-state index contributed by atoms with van der Waals surface area (Å²) in [5, 5.41) is 8.23. The number of benzene rings is 3. The van der Waals surface area contributed by atoms with Crippen molar-refractivity contribution in [3.05, 3.63) is 137 Å². The Bertz CT molecular complexity index is 1550. The molecule has 0 bridgehead atoms. The molecule has 1 aliphatic rings. The fraction of sp³-hybridized carbons (Fsp3) is 0.188.